The van der Waals surface area contributed by atoms with E-state index in [1.54, 1.807) is 0 Å². The Morgan fingerprint density at radius 1 is 1.27 bits per heavy atom. The largest absolute Gasteiger partial charge is 0.466 e. The molecule has 6 nitrogen and oxygen atoms in total. The Kier molecular flexibility index (Phi) is 4.85. The van der Waals surface area contributed by atoms with Gasteiger partial charge in [0.05, 0.1) is 13.2 Å². The zero-order valence-corrected chi connectivity index (χ0v) is 17.8. The highest BCUT2D eigenvalue weighted by Crippen LogP contribution is 2.55. The van der Waals surface area contributed by atoms with Crippen LogP contribution in [0.25, 0.3) is 10.9 Å². The molecular weight excluding hydrogens is 380 g/mol. The number of aromatic amines is 1. The summed E-state index contributed by atoms with van der Waals surface area (Å²) in [6, 6.07) is 8.44. The number of hydrogen-bond acceptors (Lipinski definition) is 5. The number of piperidine rings is 2. The van der Waals surface area contributed by atoms with E-state index < -0.39 is 5.41 Å². The summed E-state index contributed by atoms with van der Waals surface area (Å²) in [5.41, 5.74) is 2.75. The van der Waals surface area contributed by atoms with Crippen molar-refractivity contribution in [3.05, 3.63) is 35.5 Å². The number of rotatable bonds is 5. The SMILES string of the molecule is CCOC(=O)C12C[C@@H]3CC(CCOC(C)=O)C1N(CCc1c2[nH]c2ccccc12)C3. The lowest BCUT2D eigenvalue weighted by Crippen LogP contribution is -2.67. The van der Waals surface area contributed by atoms with Gasteiger partial charge in [0, 0.05) is 42.7 Å². The number of aromatic nitrogens is 1. The molecule has 5 atom stereocenters. The smallest absolute Gasteiger partial charge is 0.319 e. The molecule has 4 heterocycles. The van der Waals surface area contributed by atoms with Crippen LogP contribution in [0.2, 0.25) is 0 Å². The zero-order chi connectivity index (χ0) is 20.9. The number of fused-ring (bicyclic) bond motifs is 4. The van der Waals surface area contributed by atoms with Crippen LogP contribution in [0, 0.1) is 11.8 Å². The Bertz CT molecular complexity index is 983. The fraction of sp³-hybridized carbons (Fsp3) is 0.583. The van der Waals surface area contributed by atoms with E-state index in [4.69, 9.17) is 9.47 Å². The van der Waals surface area contributed by atoms with E-state index in [0.717, 1.165) is 50.0 Å². The first-order valence-corrected chi connectivity index (χ1v) is 11.2. The fourth-order valence-electron chi connectivity index (χ4n) is 6.58. The summed E-state index contributed by atoms with van der Waals surface area (Å²) in [6.45, 7) is 6.11. The molecule has 160 valence electrons. The molecule has 30 heavy (non-hydrogen) atoms. The van der Waals surface area contributed by atoms with Crippen LogP contribution in [0.5, 0.6) is 0 Å². The lowest BCUT2D eigenvalue weighted by atomic mass is 9.56. The molecule has 1 aromatic heterocycles. The van der Waals surface area contributed by atoms with Crippen LogP contribution in [-0.4, -0.2) is 54.2 Å². The number of benzene rings is 1. The van der Waals surface area contributed by atoms with Gasteiger partial charge in [-0.05, 0) is 56.1 Å². The van der Waals surface area contributed by atoms with Crippen LogP contribution in [-0.2, 0) is 30.9 Å². The van der Waals surface area contributed by atoms with Crippen LogP contribution in [0.4, 0.5) is 0 Å². The molecule has 1 N–H and O–H groups in total. The minimum absolute atomic E-state index is 0.0754. The van der Waals surface area contributed by atoms with Crippen molar-refractivity contribution in [1.82, 2.24) is 9.88 Å². The monoisotopic (exact) mass is 410 g/mol. The summed E-state index contributed by atoms with van der Waals surface area (Å²) < 4.78 is 11.0. The Morgan fingerprint density at radius 3 is 2.90 bits per heavy atom. The predicted molar refractivity (Wildman–Crippen MR) is 113 cm³/mol. The van der Waals surface area contributed by atoms with Crippen molar-refractivity contribution >= 4 is 22.8 Å². The summed E-state index contributed by atoms with van der Waals surface area (Å²) in [5, 5.41) is 1.22. The number of carbonyl (C=O) groups is 2. The van der Waals surface area contributed by atoms with E-state index in [1.165, 1.54) is 17.9 Å². The minimum Gasteiger partial charge on any atom is -0.466 e. The normalized spacial score (nSPS) is 31.8. The summed E-state index contributed by atoms with van der Waals surface area (Å²) in [7, 11) is 0. The Balaban J connectivity index is 1.63. The molecule has 4 unspecified atom stereocenters. The molecule has 0 amide bonds. The zero-order valence-electron chi connectivity index (χ0n) is 17.8. The molecule has 2 saturated heterocycles. The van der Waals surface area contributed by atoms with Gasteiger partial charge in [0.2, 0.25) is 0 Å². The number of esters is 2. The van der Waals surface area contributed by atoms with E-state index in [2.05, 4.69) is 28.1 Å². The molecule has 1 aliphatic carbocycles. The highest BCUT2D eigenvalue weighted by atomic mass is 16.5. The molecule has 0 radical (unpaired) electrons. The molecule has 3 aliphatic heterocycles. The van der Waals surface area contributed by atoms with Crippen molar-refractivity contribution in [3.63, 3.8) is 0 Å². The second kappa shape index (κ2) is 7.41. The van der Waals surface area contributed by atoms with Gasteiger partial charge in [0.15, 0.2) is 0 Å². The lowest BCUT2D eigenvalue weighted by Gasteiger charge is -2.58. The van der Waals surface area contributed by atoms with Crippen LogP contribution in [0.3, 0.4) is 0 Å². The highest BCUT2D eigenvalue weighted by molar-refractivity contribution is 5.91. The molecule has 4 aliphatic rings. The highest BCUT2D eigenvalue weighted by Gasteiger charge is 2.63. The van der Waals surface area contributed by atoms with E-state index in [0.29, 0.717) is 25.0 Å². The van der Waals surface area contributed by atoms with Gasteiger partial charge in [-0.25, -0.2) is 0 Å². The average molecular weight is 411 g/mol. The van der Waals surface area contributed by atoms with E-state index >= 15 is 0 Å². The number of ether oxygens (including phenoxy) is 2. The van der Waals surface area contributed by atoms with Crippen LogP contribution in [0.1, 0.15) is 44.4 Å². The molecular formula is C24H30N2O4. The summed E-state index contributed by atoms with van der Waals surface area (Å²) in [4.78, 5) is 31.2. The topological polar surface area (TPSA) is 71.6 Å². The molecule has 6 heteroatoms. The molecule has 4 bridgehead atoms. The number of carbonyl (C=O) groups excluding carboxylic acids is 2. The van der Waals surface area contributed by atoms with Crippen LogP contribution >= 0.6 is 0 Å². The summed E-state index contributed by atoms with van der Waals surface area (Å²) in [6.07, 6.45) is 3.63. The molecule has 1 saturated carbocycles. The molecule has 6 rings (SSSR count). The first-order valence-electron chi connectivity index (χ1n) is 11.2. The van der Waals surface area contributed by atoms with Crippen molar-refractivity contribution < 1.29 is 19.1 Å². The van der Waals surface area contributed by atoms with Gasteiger partial charge in [-0.2, -0.15) is 0 Å². The summed E-state index contributed by atoms with van der Waals surface area (Å²) in [5.74, 6) is 0.404. The van der Waals surface area contributed by atoms with Crippen LogP contribution < -0.4 is 0 Å². The van der Waals surface area contributed by atoms with Gasteiger partial charge in [-0.15, -0.1) is 0 Å². The fourth-order valence-corrected chi connectivity index (χ4v) is 6.58. The van der Waals surface area contributed by atoms with E-state index in [9.17, 15) is 9.59 Å². The first kappa shape index (κ1) is 19.6. The van der Waals surface area contributed by atoms with Gasteiger partial charge >= 0.3 is 11.9 Å². The van der Waals surface area contributed by atoms with Crippen molar-refractivity contribution in [3.8, 4) is 0 Å². The lowest BCUT2D eigenvalue weighted by molar-refractivity contribution is -0.166. The van der Waals surface area contributed by atoms with Gasteiger partial charge in [0.25, 0.3) is 0 Å². The maximum atomic E-state index is 13.7. The van der Waals surface area contributed by atoms with Crippen molar-refractivity contribution in [2.24, 2.45) is 11.8 Å². The number of H-pyrrole nitrogens is 1. The number of nitrogens with one attached hydrogen (secondary N) is 1. The minimum atomic E-state index is -0.678. The van der Waals surface area contributed by atoms with Crippen LogP contribution in [0.15, 0.2) is 24.3 Å². The van der Waals surface area contributed by atoms with Crippen molar-refractivity contribution in [2.45, 2.75) is 51.0 Å². The van der Waals surface area contributed by atoms with Crippen molar-refractivity contribution in [1.29, 1.82) is 0 Å². The maximum absolute atomic E-state index is 13.7. The summed E-state index contributed by atoms with van der Waals surface area (Å²) >= 11 is 0. The van der Waals surface area contributed by atoms with Crippen molar-refractivity contribution in [2.75, 3.05) is 26.3 Å². The van der Waals surface area contributed by atoms with Gasteiger partial charge in [0.1, 0.15) is 5.41 Å². The molecule has 1 aromatic carbocycles. The van der Waals surface area contributed by atoms with Gasteiger partial charge in [-0.3, -0.25) is 14.5 Å². The third-order valence-corrected chi connectivity index (χ3v) is 7.43. The molecule has 2 aromatic rings. The second-order valence-corrected chi connectivity index (χ2v) is 9.10. The molecule has 0 spiro atoms. The average Bonchev–Trinajstić information content (AvgIpc) is 3.06. The standard InChI is InChI=1S/C24H30N2O4/c1-3-29-23(28)24-13-16-12-17(9-11-30-15(2)27)22(24)26(14-16)10-8-19-18-6-4-5-7-20(18)25-21(19)24/h4-7,16-17,22,25H,3,8-14H2,1-2H3/t16-,17?,22?,24?/m0/s1. The Labute approximate surface area is 176 Å². The quantitative estimate of drug-likeness (QED) is 0.767. The third-order valence-electron chi connectivity index (χ3n) is 7.43. The molecule has 3 fully saturated rings. The Hall–Kier alpha value is -2.34. The van der Waals surface area contributed by atoms with Gasteiger partial charge < -0.3 is 14.5 Å². The second-order valence-electron chi connectivity index (χ2n) is 9.10. The first-order chi connectivity index (χ1) is 14.5. The number of hydrogen-bond donors (Lipinski definition) is 1. The van der Waals surface area contributed by atoms with Gasteiger partial charge in [-0.1, -0.05) is 18.2 Å². The van der Waals surface area contributed by atoms with E-state index in [-0.39, 0.29) is 18.0 Å². The predicted octanol–water partition coefficient (Wildman–Crippen LogP) is 3.19. The van der Waals surface area contributed by atoms with E-state index in [1.807, 2.05) is 13.0 Å². The number of nitrogens with zero attached hydrogens (tertiary/aromatic N) is 1. The maximum Gasteiger partial charge on any atom is 0.319 e. The third kappa shape index (κ3) is 2.88. The Morgan fingerprint density at radius 2 is 2.10 bits per heavy atom. The number of para-hydroxylation sites is 1.